The van der Waals surface area contributed by atoms with E-state index in [4.69, 9.17) is 11.6 Å². The van der Waals surface area contributed by atoms with E-state index in [0.29, 0.717) is 45.5 Å². The molecule has 0 unspecified atom stereocenters. The van der Waals surface area contributed by atoms with Crippen molar-refractivity contribution < 1.29 is 9.18 Å². The lowest BCUT2D eigenvalue weighted by atomic mass is 10.0. The van der Waals surface area contributed by atoms with Crippen molar-refractivity contribution in [3.05, 3.63) is 87.3 Å². The molecule has 0 bridgehead atoms. The van der Waals surface area contributed by atoms with Gasteiger partial charge in [0.15, 0.2) is 5.43 Å². The van der Waals surface area contributed by atoms with Gasteiger partial charge in [0.25, 0.3) is 0 Å². The van der Waals surface area contributed by atoms with E-state index in [1.165, 1.54) is 11.0 Å². The maximum Gasteiger partial charge on any atom is 0.247 e. The normalized spacial score (nSPS) is 13.6. The van der Waals surface area contributed by atoms with E-state index in [-0.39, 0.29) is 17.9 Å². The number of benzene rings is 3. The van der Waals surface area contributed by atoms with Crippen molar-refractivity contribution >= 4 is 45.0 Å². The molecule has 3 aromatic carbocycles. The van der Waals surface area contributed by atoms with E-state index < -0.39 is 5.82 Å². The van der Waals surface area contributed by atoms with Crippen LogP contribution in [0.4, 0.5) is 10.1 Å². The second kappa shape index (κ2) is 7.26. The number of carbonyl (C=O) groups excluding carboxylic acids is 1. The summed E-state index contributed by atoms with van der Waals surface area (Å²) >= 11 is 6.01. The van der Waals surface area contributed by atoms with Gasteiger partial charge in [-0.25, -0.2) is 4.39 Å². The number of aryl methyl sites for hydroxylation is 1. The summed E-state index contributed by atoms with van der Waals surface area (Å²) in [6.07, 6.45) is 1.42. The molecule has 6 heteroatoms. The summed E-state index contributed by atoms with van der Waals surface area (Å²) in [5, 5.41) is 1.44. The highest BCUT2D eigenvalue weighted by atomic mass is 35.5. The molecule has 0 aliphatic carbocycles. The predicted octanol–water partition coefficient (Wildman–Crippen LogP) is 4.93. The van der Waals surface area contributed by atoms with E-state index in [1.54, 1.807) is 18.2 Å². The Morgan fingerprint density at radius 1 is 1.00 bits per heavy atom. The molecular formula is C24H18ClFN2O2. The highest BCUT2D eigenvalue weighted by Crippen LogP contribution is 2.33. The maximum absolute atomic E-state index is 14.7. The predicted molar refractivity (Wildman–Crippen MR) is 118 cm³/mol. The lowest BCUT2D eigenvalue weighted by Gasteiger charge is -2.30. The minimum Gasteiger partial charge on any atom is -0.331 e. The number of hydrogen-bond donors (Lipinski definition) is 0. The third kappa shape index (κ3) is 2.97. The third-order valence-electron chi connectivity index (χ3n) is 5.68. The Morgan fingerprint density at radius 2 is 1.63 bits per heavy atom. The van der Waals surface area contributed by atoms with Crippen LogP contribution in [0.5, 0.6) is 0 Å². The van der Waals surface area contributed by atoms with Crippen molar-refractivity contribution in [1.82, 2.24) is 4.57 Å². The summed E-state index contributed by atoms with van der Waals surface area (Å²) in [5.41, 5.74) is 2.36. The van der Waals surface area contributed by atoms with Crippen LogP contribution in [-0.2, 0) is 17.8 Å². The van der Waals surface area contributed by atoms with E-state index in [0.717, 1.165) is 12.0 Å². The molecule has 150 valence electrons. The zero-order chi connectivity index (χ0) is 20.8. The molecule has 1 aromatic heterocycles. The summed E-state index contributed by atoms with van der Waals surface area (Å²) in [7, 11) is 0. The van der Waals surface area contributed by atoms with Gasteiger partial charge < -0.3 is 9.47 Å². The number of amides is 1. The molecule has 5 rings (SSSR count). The Bertz CT molecular complexity index is 1320. The molecule has 2 heterocycles. The van der Waals surface area contributed by atoms with Gasteiger partial charge in [-0.15, -0.1) is 0 Å². The molecule has 0 saturated carbocycles. The fourth-order valence-corrected chi connectivity index (χ4v) is 4.60. The quantitative estimate of drug-likeness (QED) is 0.432. The number of para-hydroxylation sites is 2. The van der Waals surface area contributed by atoms with Gasteiger partial charge in [0.1, 0.15) is 12.4 Å². The summed E-state index contributed by atoms with van der Waals surface area (Å²) in [4.78, 5) is 27.8. The Hall–Kier alpha value is -3.18. The van der Waals surface area contributed by atoms with Gasteiger partial charge in [-0.3, -0.25) is 9.59 Å². The summed E-state index contributed by atoms with van der Waals surface area (Å²) < 4.78 is 16.6. The van der Waals surface area contributed by atoms with Gasteiger partial charge in [0.05, 0.1) is 16.7 Å². The van der Waals surface area contributed by atoms with Crippen LogP contribution in [0.2, 0.25) is 5.02 Å². The van der Waals surface area contributed by atoms with E-state index in [1.807, 2.05) is 41.0 Å². The number of rotatable bonds is 2. The van der Waals surface area contributed by atoms with Crippen LogP contribution in [-0.4, -0.2) is 17.0 Å². The van der Waals surface area contributed by atoms with Gasteiger partial charge >= 0.3 is 0 Å². The first-order valence-electron chi connectivity index (χ1n) is 9.83. The molecular weight excluding hydrogens is 403 g/mol. The number of carbonyl (C=O) groups is 1. The Morgan fingerprint density at radius 3 is 2.30 bits per heavy atom. The largest absolute Gasteiger partial charge is 0.331 e. The lowest BCUT2D eigenvalue weighted by Crippen LogP contribution is -2.38. The summed E-state index contributed by atoms with van der Waals surface area (Å²) in [6.45, 7) is 0.448. The average Bonchev–Trinajstić information content (AvgIpc) is 2.76. The third-order valence-corrected chi connectivity index (χ3v) is 5.90. The van der Waals surface area contributed by atoms with Gasteiger partial charge in [-0.1, -0.05) is 35.9 Å². The molecule has 0 N–H and O–H groups in total. The van der Waals surface area contributed by atoms with Gasteiger partial charge in [0.2, 0.25) is 5.91 Å². The molecule has 1 aliphatic rings. The fraction of sp³-hybridized carbons (Fsp3) is 0.167. The summed E-state index contributed by atoms with van der Waals surface area (Å²) in [5.74, 6) is -0.712. The van der Waals surface area contributed by atoms with Crippen molar-refractivity contribution in [2.75, 3.05) is 11.4 Å². The van der Waals surface area contributed by atoms with E-state index >= 15 is 0 Å². The van der Waals surface area contributed by atoms with E-state index in [2.05, 4.69) is 0 Å². The van der Waals surface area contributed by atoms with Crippen molar-refractivity contribution in [2.24, 2.45) is 0 Å². The number of halogens is 2. The first-order valence-corrected chi connectivity index (χ1v) is 10.2. The number of fused-ring (bicyclic) bond motifs is 3. The molecule has 0 saturated heterocycles. The second-order valence-electron chi connectivity index (χ2n) is 7.49. The van der Waals surface area contributed by atoms with Crippen molar-refractivity contribution in [3.63, 3.8) is 0 Å². The highest BCUT2D eigenvalue weighted by Gasteiger charge is 2.27. The summed E-state index contributed by atoms with van der Waals surface area (Å²) in [6, 6.07) is 17.5. The molecule has 1 amide bonds. The molecule has 4 nitrogen and oxygen atoms in total. The van der Waals surface area contributed by atoms with Crippen LogP contribution in [0.1, 0.15) is 12.0 Å². The molecule has 0 spiro atoms. The zero-order valence-electron chi connectivity index (χ0n) is 16.1. The molecule has 0 radical (unpaired) electrons. The monoisotopic (exact) mass is 420 g/mol. The molecule has 4 aromatic rings. The molecule has 0 atom stereocenters. The molecule has 30 heavy (non-hydrogen) atoms. The van der Waals surface area contributed by atoms with Crippen LogP contribution in [0.3, 0.4) is 0 Å². The minimum atomic E-state index is -0.486. The fourth-order valence-electron chi connectivity index (χ4n) is 4.37. The van der Waals surface area contributed by atoms with Crippen molar-refractivity contribution in [1.29, 1.82) is 0 Å². The van der Waals surface area contributed by atoms with Crippen molar-refractivity contribution in [2.45, 2.75) is 19.4 Å². The van der Waals surface area contributed by atoms with Crippen LogP contribution >= 0.6 is 11.6 Å². The number of anilines is 1. The Balaban J connectivity index is 1.65. The SMILES string of the molecule is O=C(Cn1c2ccccc2c(=O)c2ccccc21)N1CCCc2cc(Cl)cc(F)c21. The van der Waals surface area contributed by atoms with Gasteiger partial charge in [0, 0.05) is 22.3 Å². The molecule has 0 fully saturated rings. The number of hydrogen-bond acceptors (Lipinski definition) is 2. The first-order chi connectivity index (χ1) is 14.5. The van der Waals surface area contributed by atoms with Crippen LogP contribution < -0.4 is 10.3 Å². The van der Waals surface area contributed by atoms with Crippen LogP contribution in [0.15, 0.2) is 65.5 Å². The smallest absolute Gasteiger partial charge is 0.247 e. The number of aromatic nitrogens is 1. The van der Waals surface area contributed by atoms with E-state index in [9.17, 15) is 14.0 Å². The standard InChI is InChI=1S/C24H18ClFN2O2/c25-16-12-15-6-5-11-27(23(15)19(26)13-16)22(29)14-28-20-9-3-1-7-17(20)24(30)18-8-2-4-10-21(18)28/h1-4,7-10,12-13H,5-6,11,14H2. The lowest BCUT2D eigenvalue weighted by molar-refractivity contribution is -0.119. The van der Waals surface area contributed by atoms with Gasteiger partial charge in [-0.05, 0) is 54.8 Å². The average molecular weight is 421 g/mol. The molecule has 1 aliphatic heterocycles. The van der Waals surface area contributed by atoms with Crippen molar-refractivity contribution in [3.8, 4) is 0 Å². The number of nitrogens with zero attached hydrogens (tertiary/aromatic N) is 2. The number of pyridine rings is 1. The topological polar surface area (TPSA) is 42.3 Å². The maximum atomic E-state index is 14.7. The second-order valence-corrected chi connectivity index (χ2v) is 7.93. The Labute approximate surface area is 177 Å². The van der Waals surface area contributed by atoms with Crippen LogP contribution in [0.25, 0.3) is 21.8 Å². The highest BCUT2D eigenvalue weighted by molar-refractivity contribution is 6.30. The van der Waals surface area contributed by atoms with Gasteiger partial charge in [-0.2, -0.15) is 0 Å². The Kier molecular flexibility index (Phi) is 4.55. The zero-order valence-corrected chi connectivity index (χ0v) is 16.8. The minimum absolute atomic E-state index is 0.00279. The van der Waals surface area contributed by atoms with Crippen LogP contribution in [0, 0.1) is 5.82 Å². The first kappa shape index (κ1) is 18.8.